The first-order valence-corrected chi connectivity index (χ1v) is 9.89. The van der Waals surface area contributed by atoms with Crippen LogP contribution in [0.3, 0.4) is 0 Å². The predicted molar refractivity (Wildman–Crippen MR) is 103 cm³/mol. The molecule has 2 aromatic rings. The van der Waals surface area contributed by atoms with Crippen LogP contribution in [0.25, 0.3) is 0 Å². The van der Waals surface area contributed by atoms with Crippen molar-refractivity contribution in [3.05, 3.63) is 46.5 Å². The summed E-state index contributed by atoms with van der Waals surface area (Å²) in [7, 11) is 1.92. The summed E-state index contributed by atoms with van der Waals surface area (Å²) in [5, 5.41) is 11.8. The Morgan fingerprint density at radius 3 is 2.75 bits per heavy atom. The van der Waals surface area contributed by atoms with E-state index in [0.29, 0.717) is 43.2 Å². The Morgan fingerprint density at radius 2 is 2.04 bits per heavy atom. The maximum absolute atomic E-state index is 14.1. The Bertz CT molecular complexity index is 885. The van der Waals surface area contributed by atoms with Crippen LogP contribution in [0.1, 0.15) is 48.5 Å². The lowest BCUT2D eigenvalue weighted by Gasteiger charge is -2.33. The molecule has 0 unspecified atom stereocenters. The Labute approximate surface area is 163 Å². The molecule has 1 aliphatic heterocycles. The average Bonchev–Trinajstić information content (AvgIpc) is 3.29. The van der Waals surface area contributed by atoms with Gasteiger partial charge in [-0.05, 0) is 43.4 Å². The van der Waals surface area contributed by atoms with Gasteiger partial charge >= 0.3 is 0 Å². The first-order valence-electron chi connectivity index (χ1n) is 9.89. The van der Waals surface area contributed by atoms with Crippen molar-refractivity contribution >= 4 is 5.96 Å². The zero-order valence-electron chi connectivity index (χ0n) is 16.4. The van der Waals surface area contributed by atoms with Gasteiger partial charge in [0.15, 0.2) is 11.8 Å². The molecule has 0 spiro atoms. The first-order chi connectivity index (χ1) is 13.5. The van der Waals surface area contributed by atoms with E-state index < -0.39 is 11.6 Å². The van der Waals surface area contributed by atoms with Crippen LogP contribution < -0.4 is 5.32 Å². The van der Waals surface area contributed by atoms with Gasteiger partial charge in [-0.2, -0.15) is 0 Å². The Hall–Kier alpha value is -2.51. The molecule has 1 saturated carbocycles. The number of aliphatic imine (C=N–C) groups is 1. The second-order valence-corrected chi connectivity index (χ2v) is 7.68. The van der Waals surface area contributed by atoms with Crippen molar-refractivity contribution in [3.63, 3.8) is 0 Å². The van der Waals surface area contributed by atoms with Gasteiger partial charge in [-0.25, -0.2) is 13.8 Å². The van der Waals surface area contributed by atoms with Crippen molar-refractivity contribution in [2.45, 2.75) is 58.2 Å². The first kappa shape index (κ1) is 18.8. The lowest BCUT2D eigenvalue weighted by Crippen LogP contribution is -2.47. The predicted octanol–water partition coefficient (Wildman–Crippen LogP) is 2.85. The zero-order chi connectivity index (χ0) is 19.7. The van der Waals surface area contributed by atoms with E-state index in [1.54, 1.807) is 0 Å². The molecule has 1 aromatic carbocycles. The topological polar surface area (TPSA) is 58.3 Å². The van der Waals surface area contributed by atoms with Crippen LogP contribution in [0.15, 0.2) is 17.1 Å². The molecule has 1 N–H and O–H groups in total. The van der Waals surface area contributed by atoms with Gasteiger partial charge in [0.1, 0.15) is 24.0 Å². The quantitative estimate of drug-likeness (QED) is 0.649. The molecule has 1 fully saturated rings. The van der Waals surface area contributed by atoms with Crippen LogP contribution in [0.5, 0.6) is 0 Å². The van der Waals surface area contributed by atoms with E-state index >= 15 is 0 Å². The van der Waals surface area contributed by atoms with E-state index in [0.717, 1.165) is 36.5 Å². The largest absolute Gasteiger partial charge is 0.353 e. The minimum absolute atomic E-state index is 0.394. The third kappa shape index (κ3) is 3.86. The summed E-state index contributed by atoms with van der Waals surface area (Å²) in [5.74, 6) is 1.43. The summed E-state index contributed by atoms with van der Waals surface area (Å²) < 4.78 is 29.7. The number of hydrogen-bond acceptors (Lipinski definition) is 3. The lowest BCUT2D eigenvalue weighted by atomic mass is 9.99. The molecular formula is C20H26F2N6. The van der Waals surface area contributed by atoms with E-state index in [2.05, 4.69) is 20.4 Å². The molecule has 4 rings (SSSR count). The van der Waals surface area contributed by atoms with Gasteiger partial charge in [-0.15, -0.1) is 10.2 Å². The highest BCUT2D eigenvalue weighted by Gasteiger charge is 2.25. The second-order valence-electron chi connectivity index (χ2n) is 7.68. The fourth-order valence-corrected chi connectivity index (χ4v) is 4.01. The van der Waals surface area contributed by atoms with Gasteiger partial charge < -0.3 is 14.8 Å². The van der Waals surface area contributed by atoms with Crippen LogP contribution in [0, 0.1) is 18.6 Å². The van der Waals surface area contributed by atoms with Crippen LogP contribution in [-0.2, 0) is 26.6 Å². The fraction of sp³-hybridized carbons (Fsp3) is 0.550. The molecule has 1 aliphatic carbocycles. The van der Waals surface area contributed by atoms with E-state index in [4.69, 9.17) is 4.99 Å². The molecule has 2 aliphatic rings. The normalized spacial score (nSPS) is 17.9. The Balaban J connectivity index is 1.57. The summed E-state index contributed by atoms with van der Waals surface area (Å²) >= 11 is 0. The number of fused-ring (bicyclic) bond motifs is 1. The van der Waals surface area contributed by atoms with Crippen LogP contribution >= 0.6 is 0 Å². The number of nitrogens with one attached hydrogen (secondary N) is 1. The van der Waals surface area contributed by atoms with Crippen LogP contribution in [0.4, 0.5) is 8.78 Å². The molecule has 28 heavy (non-hydrogen) atoms. The number of benzene rings is 1. The van der Waals surface area contributed by atoms with Crippen molar-refractivity contribution < 1.29 is 8.78 Å². The molecule has 2 heterocycles. The lowest BCUT2D eigenvalue weighted by molar-refractivity contribution is 0.362. The van der Waals surface area contributed by atoms with Gasteiger partial charge in [0.2, 0.25) is 0 Å². The number of hydrogen-bond donors (Lipinski definition) is 1. The third-order valence-corrected chi connectivity index (χ3v) is 5.79. The van der Waals surface area contributed by atoms with Crippen molar-refractivity contribution in [1.29, 1.82) is 0 Å². The molecular weight excluding hydrogens is 362 g/mol. The van der Waals surface area contributed by atoms with Gasteiger partial charge in [0, 0.05) is 32.2 Å². The number of rotatable bonds is 3. The Morgan fingerprint density at radius 1 is 1.25 bits per heavy atom. The summed E-state index contributed by atoms with van der Waals surface area (Å²) in [5.41, 5.74) is 1.31. The van der Waals surface area contributed by atoms with Gasteiger partial charge in [-0.1, -0.05) is 12.8 Å². The monoisotopic (exact) mass is 388 g/mol. The highest BCUT2D eigenvalue weighted by molar-refractivity contribution is 5.80. The van der Waals surface area contributed by atoms with E-state index in [1.807, 2.05) is 18.5 Å². The van der Waals surface area contributed by atoms with E-state index in [-0.39, 0.29) is 0 Å². The summed E-state index contributed by atoms with van der Waals surface area (Å²) in [6.07, 6.45) is 5.21. The SMILES string of the molecule is Cc1nnc(CN=C(NC2CCCC2)N2CCc3c(F)cc(F)cc3C2)n1C. The minimum atomic E-state index is -0.532. The molecule has 1 aromatic heterocycles. The van der Waals surface area contributed by atoms with Gasteiger partial charge in [0.25, 0.3) is 0 Å². The number of aromatic nitrogens is 3. The van der Waals surface area contributed by atoms with Gasteiger partial charge in [0.05, 0.1) is 0 Å². The molecule has 150 valence electrons. The van der Waals surface area contributed by atoms with Gasteiger partial charge in [-0.3, -0.25) is 0 Å². The van der Waals surface area contributed by atoms with Crippen molar-refractivity contribution in [3.8, 4) is 0 Å². The smallest absolute Gasteiger partial charge is 0.194 e. The van der Waals surface area contributed by atoms with Crippen molar-refractivity contribution in [1.82, 2.24) is 25.0 Å². The second kappa shape index (κ2) is 7.85. The summed E-state index contributed by atoms with van der Waals surface area (Å²) in [4.78, 5) is 6.88. The molecule has 8 heteroatoms. The number of guanidine groups is 1. The maximum Gasteiger partial charge on any atom is 0.194 e. The summed E-state index contributed by atoms with van der Waals surface area (Å²) in [6, 6.07) is 2.80. The number of aryl methyl sites for hydroxylation is 1. The zero-order valence-corrected chi connectivity index (χ0v) is 16.4. The highest BCUT2D eigenvalue weighted by Crippen LogP contribution is 2.24. The van der Waals surface area contributed by atoms with Crippen LogP contribution in [0.2, 0.25) is 0 Å². The fourth-order valence-electron chi connectivity index (χ4n) is 4.01. The molecule has 0 bridgehead atoms. The highest BCUT2D eigenvalue weighted by atomic mass is 19.1. The molecule has 0 atom stereocenters. The third-order valence-electron chi connectivity index (χ3n) is 5.79. The minimum Gasteiger partial charge on any atom is -0.353 e. The van der Waals surface area contributed by atoms with E-state index in [1.165, 1.54) is 18.9 Å². The average molecular weight is 388 g/mol. The standard InChI is InChI=1S/C20H26F2N6/c1-13-25-26-19(27(13)2)11-23-20(24-16-5-3-4-6-16)28-8-7-17-14(12-28)9-15(21)10-18(17)22/h9-10,16H,3-8,11-12H2,1-2H3,(H,23,24). The maximum atomic E-state index is 14.1. The Kier molecular flexibility index (Phi) is 5.28. The number of halogens is 2. The number of nitrogens with zero attached hydrogens (tertiary/aromatic N) is 5. The molecule has 0 saturated heterocycles. The molecule has 6 nitrogen and oxygen atoms in total. The molecule has 0 radical (unpaired) electrons. The molecule has 0 amide bonds. The van der Waals surface area contributed by atoms with E-state index in [9.17, 15) is 8.78 Å². The van der Waals surface area contributed by atoms with Crippen molar-refractivity contribution in [2.75, 3.05) is 6.54 Å². The van der Waals surface area contributed by atoms with Crippen molar-refractivity contribution in [2.24, 2.45) is 12.0 Å². The summed E-state index contributed by atoms with van der Waals surface area (Å²) in [6.45, 7) is 3.40. The van der Waals surface area contributed by atoms with Crippen LogP contribution in [-0.4, -0.2) is 38.2 Å².